The molecule has 0 aromatic heterocycles. The van der Waals surface area contributed by atoms with Gasteiger partial charge in [0.25, 0.3) is 0 Å². The zero-order valence-corrected chi connectivity index (χ0v) is 13.0. The molecular weight excluding hydrogens is 252 g/mol. The van der Waals surface area contributed by atoms with Crippen LogP contribution in [0.2, 0.25) is 0 Å². The van der Waals surface area contributed by atoms with Crippen LogP contribution in [-0.4, -0.2) is 24.9 Å². The van der Waals surface area contributed by atoms with Gasteiger partial charge in [0.1, 0.15) is 0 Å². The fraction of sp³-hybridized carbons (Fsp3) is 0.750. The van der Waals surface area contributed by atoms with Crippen molar-refractivity contribution in [2.75, 3.05) is 13.1 Å². The average Bonchev–Trinajstić information content (AvgIpc) is 3.22. The predicted molar refractivity (Wildman–Crippen MR) is 78.9 cm³/mol. The average molecular weight is 278 g/mol. The van der Waals surface area contributed by atoms with Crippen molar-refractivity contribution in [1.29, 1.82) is 0 Å². The Morgan fingerprint density at radius 1 is 1.10 bits per heavy atom. The van der Waals surface area contributed by atoms with Crippen LogP contribution in [0.1, 0.15) is 40.5 Å². The van der Waals surface area contributed by atoms with E-state index in [1.165, 1.54) is 5.57 Å². The van der Waals surface area contributed by atoms with Gasteiger partial charge in [-0.1, -0.05) is 25.5 Å². The fourth-order valence-electron chi connectivity index (χ4n) is 2.82. The Bertz CT molecular complexity index is 432. The van der Waals surface area contributed by atoms with E-state index in [-0.39, 0.29) is 29.1 Å². The van der Waals surface area contributed by atoms with Crippen LogP contribution >= 0.6 is 0 Å². The highest BCUT2D eigenvalue weighted by Gasteiger charge is 2.60. The van der Waals surface area contributed by atoms with Crippen LogP contribution in [-0.2, 0) is 9.59 Å². The van der Waals surface area contributed by atoms with Crippen molar-refractivity contribution in [2.24, 2.45) is 23.2 Å². The second kappa shape index (κ2) is 5.58. The molecule has 4 heteroatoms. The standard InChI is InChI=1S/C16H26N2O2/c1-10(2)9-12-13(16(12,3)4)15(20)18-8-7-17-14(19)11-5-6-11/h9,11-13H,5-8H2,1-4H3,(H,17,19)(H,18,20)/t12-,13-/m0/s1. The number of nitrogens with one attached hydrogen (secondary N) is 2. The molecule has 112 valence electrons. The SMILES string of the molecule is CC(C)=C[C@H]1[C@@H](C(=O)NCCNC(=O)C2CC2)C1(C)C. The van der Waals surface area contributed by atoms with Gasteiger partial charge in [0, 0.05) is 19.0 Å². The molecule has 2 atom stereocenters. The summed E-state index contributed by atoms with van der Waals surface area (Å²) in [5.74, 6) is 0.881. The second-order valence-electron chi connectivity index (χ2n) is 6.93. The molecule has 2 fully saturated rings. The van der Waals surface area contributed by atoms with Gasteiger partial charge in [0.15, 0.2) is 0 Å². The molecule has 4 nitrogen and oxygen atoms in total. The highest BCUT2D eigenvalue weighted by Crippen LogP contribution is 2.59. The molecule has 0 saturated heterocycles. The van der Waals surface area contributed by atoms with Crippen molar-refractivity contribution in [1.82, 2.24) is 10.6 Å². The molecule has 2 N–H and O–H groups in total. The van der Waals surface area contributed by atoms with Crippen molar-refractivity contribution in [3.05, 3.63) is 11.6 Å². The Labute approximate surface area is 121 Å². The molecule has 0 radical (unpaired) electrons. The molecule has 0 heterocycles. The molecule has 0 spiro atoms. The normalized spacial score (nSPS) is 26.6. The van der Waals surface area contributed by atoms with Gasteiger partial charge < -0.3 is 10.6 Å². The zero-order valence-electron chi connectivity index (χ0n) is 13.0. The maximum absolute atomic E-state index is 12.2. The lowest BCUT2D eigenvalue weighted by molar-refractivity contribution is -0.124. The van der Waals surface area contributed by atoms with Gasteiger partial charge in [-0.3, -0.25) is 9.59 Å². The molecule has 20 heavy (non-hydrogen) atoms. The minimum atomic E-state index is 0.0542. The Morgan fingerprint density at radius 2 is 1.65 bits per heavy atom. The monoisotopic (exact) mass is 278 g/mol. The van der Waals surface area contributed by atoms with Gasteiger partial charge >= 0.3 is 0 Å². The van der Waals surface area contributed by atoms with E-state index in [0.717, 1.165) is 12.8 Å². The molecular formula is C16H26N2O2. The number of hydrogen-bond acceptors (Lipinski definition) is 2. The molecule has 2 saturated carbocycles. The van der Waals surface area contributed by atoms with E-state index < -0.39 is 0 Å². The number of amides is 2. The van der Waals surface area contributed by atoms with Gasteiger partial charge in [-0.2, -0.15) is 0 Å². The topological polar surface area (TPSA) is 58.2 Å². The maximum Gasteiger partial charge on any atom is 0.224 e. The molecule has 0 bridgehead atoms. The molecule has 0 aliphatic heterocycles. The maximum atomic E-state index is 12.2. The molecule has 0 aromatic rings. The molecule has 2 rings (SSSR count). The highest BCUT2D eigenvalue weighted by atomic mass is 16.2. The summed E-state index contributed by atoms with van der Waals surface area (Å²) in [5, 5.41) is 5.79. The summed E-state index contributed by atoms with van der Waals surface area (Å²) in [4.78, 5) is 23.6. The molecule has 2 aliphatic carbocycles. The van der Waals surface area contributed by atoms with E-state index in [1.807, 2.05) is 0 Å². The third kappa shape index (κ3) is 3.41. The lowest BCUT2D eigenvalue weighted by Gasteiger charge is -2.07. The summed E-state index contributed by atoms with van der Waals surface area (Å²) in [7, 11) is 0. The minimum absolute atomic E-state index is 0.0542. The van der Waals surface area contributed by atoms with Gasteiger partial charge in [-0.05, 0) is 38.0 Å². The fourth-order valence-corrected chi connectivity index (χ4v) is 2.82. The van der Waals surface area contributed by atoms with Crippen LogP contribution in [0, 0.1) is 23.2 Å². The van der Waals surface area contributed by atoms with Crippen LogP contribution in [0.3, 0.4) is 0 Å². The van der Waals surface area contributed by atoms with E-state index in [2.05, 4.69) is 44.4 Å². The Hall–Kier alpha value is -1.32. The van der Waals surface area contributed by atoms with Gasteiger partial charge in [-0.25, -0.2) is 0 Å². The van der Waals surface area contributed by atoms with Crippen molar-refractivity contribution in [3.63, 3.8) is 0 Å². The first kappa shape index (κ1) is 15.1. The van der Waals surface area contributed by atoms with Crippen molar-refractivity contribution in [2.45, 2.75) is 40.5 Å². The summed E-state index contributed by atoms with van der Waals surface area (Å²) in [6.07, 6.45) is 4.22. The van der Waals surface area contributed by atoms with Gasteiger partial charge in [-0.15, -0.1) is 0 Å². The van der Waals surface area contributed by atoms with Crippen LogP contribution < -0.4 is 10.6 Å². The molecule has 0 aromatic carbocycles. The molecule has 2 aliphatic rings. The van der Waals surface area contributed by atoms with E-state index >= 15 is 0 Å². The lowest BCUT2D eigenvalue weighted by atomic mass is 10.1. The minimum Gasteiger partial charge on any atom is -0.354 e. The molecule has 0 unspecified atom stereocenters. The first-order valence-corrected chi connectivity index (χ1v) is 7.54. The Balaban J connectivity index is 1.70. The predicted octanol–water partition coefficient (Wildman–Crippen LogP) is 1.87. The molecule has 2 amide bonds. The van der Waals surface area contributed by atoms with Gasteiger partial charge in [0.2, 0.25) is 11.8 Å². The highest BCUT2D eigenvalue weighted by molar-refractivity contribution is 5.84. The number of carbonyl (C=O) groups is 2. The summed E-state index contributed by atoms with van der Waals surface area (Å²) < 4.78 is 0. The Kier molecular flexibility index (Phi) is 4.21. The zero-order chi connectivity index (χ0) is 14.9. The summed E-state index contributed by atoms with van der Waals surface area (Å²) in [6, 6.07) is 0. The van der Waals surface area contributed by atoms with Gasteiger partial charge in [0.05, 0.1) is 5.92 Å². The van der Waals surface area contributed by atoms with Crippen molar-refractivity contribution < 1.29 is 9.59 Å². The largest absolute Gasteiger partial charge is 0.354 e. The second-order valence-corrected chi connectivity index (χ2v) is 6.93. The van der Waals surface area contributed by atoms with Crippen molar-refractivity contribution >= 4 is 11.8 Å². The van der Waals surface area contributed by atoms with Crippen molar-refractivity contribution in [3.8, 4) is 0 Å². The number of rotatable bonds is 6. The van der Waals surface area contributed by atoms with E-state index in [0.29, 0.717) is 19.0 Å². The third-order valence-electron chi connectivity index (χ3n) is 4.38. The lowest BCUT2D eigenvalue weighted by Crippen LogP contribution is -2.36. The van der Waals surface area contributed by atoms with E-state index in [9.17, 15) is 9.59 Å². The van der Waals surface area contributed by atoms with Crippen LogP contribution in [0.4, 0.5) is 0 Å². The first-order chi connectivity index (χ1) is 9.34. The number of allylic oxidation sites excluding steroid dienone is 2. The van der Waals surface area contributed by atoms with Crippen LogP contribution in [0.5, 0.6) is 0 Å². The summed E-state index contributed by atoms with van der Waals surface area (Å²) in [5.41, 5.74) is 1.31. The summed E-state index contributed by atoms with van der Waals surface area (Å²) in [6.45, 7) is 9.45. The quantitative estimate of drug-likeness (QED) is 0.575. The van der Waals surface area contributed by atoms with E-state index in [4.69, 9.17) is 0 Å². The number of hydrogen-bond donors (Lipinski definition) is 2. The van der Waals surface area contributed by atoms with Crippen LogP contribution in [0.15, 0.2) is 11.6 Å². The smallest absolute Gasteiger partial charge is 0.224 e. The third-order valence-corrected chi connectivity index (χ3v) is 4.38. The van der Waals surface area contributed by atoms with E-state index in [1.54, 1.807) is 0 Å². The Morgan fingerprint density at radius 3 is 2.15 bits per heavy atom. The van der Waals surface area contributed by atoms with Crippen LogP contribution in [0.25, 0.3) is 0 Å². The number of carbonyl (C=O) groups excluding carboxylic acids is 2. The summed E-state index contributed by atoms with van der Waals surface area (Å²) >= 11 is 0. The first-order valence-electron chi connectivity index (χ1n) is 7.54.